The largest absolute Gasteiger partial charge is 0.383 e. The summed E-state index contributed by atoms with van der Waals surface area (Å²) in [5, 5.41) is 3.47. The minimum Gasteiger partial charge on any atom is -0.383 e. The fourth-order valence-electron chi connectivity index (χ4n) is 2.46. The quantitative estimate of drug-likeness (QED) is 0.750. The number of nitrogens with one attached hydrogen (secondary N) is 1. The fraction of sp³-hybridized carbons (Fsp3) is 0.667. The van der Waals surface area contributed by atoms with Gasteiger partial charge in [-0.1, -0.05) is 32.9 Å². The lowest BCUT2D eigenvalue weighted by Gasteiger charge is -2.32. The molecule has 0 aliphatic heterocycles. The number of rotatable bonds is 9. The van der Waals surface area contributed by atoms with Crippen LogP contribution in [0.5, 0.6) is 0 Å². The lowest BCUT2D eigenvalue weighted by atomic mass is 10.1. The molecule has 0 bridgehead atoms. The van der Waals surface area contributed by atoms with E-state index in [1.807, 2.05) is 0 Å². The monoisotopic (exact) mass is 292 g/mol. The molecule has 0 saturated carbocycles. The van der Waals surface area contributed by atoms with Crippen molar-refractivity contribution < 1.29 is 4.74 Å². The van der Waals surface area contributed by atoms with Crippen LogP contribution in [0.25, 0.3) is 0 Å². The van der Waals surface area contributed by atoms with Gasteiger partial charge in [0, 0.05) is 38.0 Å². The Bertz CT molecular complexity index is 418. The van der Waals surface area contributed by atoms with E-state index in [9.17, 15) is 0 Å². The van der Waals surface area contributed by atoms with Gasteiger partial charge in [-0.2, -0.15) is 0 Å². The molecule has 0 spiro atoms. The van der Waals surface area contributed by atoms with Crippen molar-refractivity contribution in [2.75, 3.05) is 25.2 Å². The van der Waals surface area contributed by atoms with E-state index in [0.29, 0.717) is 12.1 Å². The van der Waals surface area contributed by atoms with Crippen molar-refractivity contribution in [1.29, 1.82) is 0 Å². The molecule has 0 heterocycles. The van der Waals surface area contributed by atoms with E-state index in [1.165, 1.54) is 16.8 Å². The number of hydrogen-bond donors (Lipinski definition) is 1. The van der Waals surface area contributed by atoms with Crippen molar-refractivity contribution in [3.05, 3.63) is 29.3 Å². The van der Waals surface area contributed by atoms with Crippen LogP contribution in [0.15, 0.2) is 18.2 Å². The number of hydrogen-bond acceptors (Lipinski definition) is 3. The van der Waals surface area contributed by atoms with E-state index in [-0.39, 0.29) is 0 Å². The van der Waals surface area contributed by atoms with Gasteiger partial charge in [-0.05, 0) is 37.5 Å². The van der Waals surface area contributed by atoms with E-state index in [0.717, 1.165) is 26.1 Å². The second kappa shape index (κ2) is 9.06. The smallest absolute Gasteiger partial charge is 0.0637 e. The molecule has 21 heavy (non-hydrogen) atoms. The van der Waals surface area contributed by atoms with Gasteiger partial charge < -0.3 is 15.0 Å². The molecular formula is C18H32N2O. The summed E-state index contributed by atoms with van der Waals surface area (Å²) in [4.78, 5) is 2.46. The molecule has 120 valence electrons. The zero-order valence-corrected chi connectivity index (χ0v) is 14.6. The van der Waals surface area contributed by atoms with Crippen molar-refractivity contribution in [3.63, 3.8) is 0 Å². The molecule has 0 aliphatic rings. The number of methoxy groups -OCH3 is 1. The maximum Gasteiger partial charge on any atom is 0.0637 e. The minimum absolute atomic E-state index is 0.517. The maximum absolute atomic E-state index is 5.27. The molecule has 0 amide bonds. The van der Waals surface area contributed by atoms with Crippen molar-refractivity contribution in [1.82, 2.24) is 5.32 Å². The number of nitrogens with zero attached hydrogens (tertiary/aromatic N) is 1. The SMILES string of the molecule is CCC(C)N(CCOC)c1ccc(CNC(C)C)cc1C. The van der Waals surface area contributed by atoms with Crippen LogP contribution in [0, 0.1) is 6.92 Å². The van der Waals surface area contributed by atoms with Crippen LogP contribution in [-0.2, 0) is 11.3 Å². The Hall–Kier alpha value is -1.06. The first kappa shape index (κ1) is 18.0. The number of benzene rings is 1. The Morgan fingerprint density at radius 1 is 1.24 bits per heavy atom. The van der Waals surface area contributed by atoms with Crippen LogP contribution in [0.1, 0.15) is 45.2 Å². The second-order valence-corrected chi connectivity index (χ2v) is 6.10. The van der Waals surface area contributed by atoms with Crippen LogP contribution < -0.4 is 10.2 Å². The number of ether oxygens (including phenoxy) is 1. The molecule has 1 aromatic carbocycles. The highest BCUT2D eigenvalue weighted by molar-refractivity contribution is 5.55. The molecule has 1 unspecified atom stereocenters. The average molecular weight is 292 g/mol. The Labute approximate surface area is 130 Å². The van der Waals surface area contributed by atoms with E-state index < -0.39 is 0 Å². The summed E-state index contributed by atoms with van der Waals surface area (Å²) in [5.74, 6) is 0. The summed E-state index contributed by atoms with van der Waals surface area (Å²) >= 11 is 0. The van der Waals surface area contributed by atoms with Gasteiger partial charge >= 0.3 is 0 Å². The van der Waals surface area contributed by atoms with E-state index in [2.05, 4.69) is 63.0 Å². The highest BCUT2D eigenvalue weighted by Gasteiger charge is 2.15. The number of anilines is 1. The molecule has 0 fully saturated rings. The third-order valence-electron chi connectivity index (χ3n) is 3.94. The van der Waals surface area contributed by atoms with Crippen LogP contribution in [-0.4, -0.2) is 32.3 Å². The maximum atomic E-state index is 5.27. The molecule has 1 atom stereocenters. The van der Waals surface area contributed by atoms with Crippen molar-refractivity contribution in [2.45, 2.75) is 59.7 Å². The van der Waals surface area contributed by atoms with Gasteiger partial charge in [-0.3, -0.25) is 0 Å². The second-order valence-electron chi connectivity index (χ2n) is 6.10. The third kappa shape index (κ3) is 5.68. The van der Waals surface area contributed by atoms with Crippen molar-refractivity contribution in [3.8, 4) is 0 Å². The van der Waals surface area contributed by atoms with Gasteiger partial charge in [-0.25, -0.2) is 0 Å². The molecular weight excluding hydrogens is 260 g/mol. The molecule has 1 aromatic rings. The summed E-state index contributed by atoms with van der Waals surface area (Å²) in [6.07, 6.45) is 1.14. The highest BCUT2D eigenvalue weighted by atomic mass is 16.5. The first-order chi connectivity index (χ1) is 9.99. The molecule has 3 nitrogen and oxygen atoms in total. The average Bonchev–Trinajstić information content (AvgIpc) is 2.46. The highest BCUT2D eigenvalue weighted by Crippen LogP contribution is 2.24. The Balaban J connectivity index is 2.88. The van der Waals surface area contributed by atoms with Gasteiger partial charge in [0.05, 0.1) is 6.61 Å². The summed E-state index contributed by atoms with van der Waals surface area (Å²) in [6.45, 7) is 13.7. The lowest BCUT2D eigenvalue weighted by molar-refractivity contribution is 0.203. The predicted octanol–water partition coefficient (Wildman–Crippen LogP) is 3.74. The van der Waals surface area contributed by atoms with Crippen LogP contribution in [0.3, 0.4) is 0 Å². The standard InChI is InChI=1S/C18H32N2O/c1-7-16(5)20(10-11-21-6)18-9-8-17(12-15(18)4)13-19-14(2)3/h8-9,12,14,16,19H,7,10-11,13H2,1-6H3. The van der Waals surface area contributed by atoms with Crippen LogP contribution >= 0.6 is 0 Å². The lowest BCUT2D eigenvalue weighted by Crippen LogP contribution is -2.36. The van der Waals surface area contributed by atoms with E-state index in [4.69, 9.17) is 4.74 Å². The topological polar surface area (TPSA) is 24.5 Å². The van der Waals surface area contributed by atoms with Crippen molar-refractivity contribution in [2.24, 2.45) is 0 Å². The normalized spacial score (nSPS) is 12.7. The van der Waals surface area contributed by atoms with Gasteiger partial charge in [-0.15, -0.1) is 0 Å². The summed E-state index contributed by atoms with van der Waals surface area (Å²) in [6, 6.07) is 7.84. The van der Waals surface area contributed by atoms with Crippen molar-refractivity contribution >= 4 is 5.69 Å². The van der Waals surface area contributed by atoms with Gasteiger partial charge in [0.1, 0.15) is 0 Å². The first-order valence-electron chi connectivity index (χ1n) is 8.08. The Morgan fingerprint density at radius 2 is 1.95 bits per heavy atom. The zero-order chi connectivity index (χ0) is 15.8. The minimum atomic E-state index is 0.517. The van der Waals surface area contributed by atoms with Crippen LogP contribution in [0.4, 0.5) is 5.69 Å². The molecule has 1 N–H and O–H groups in total. The zero-order valence-electron chi connectivity index (χ0n) is 14.6. The summed E-state index contributed by atoms with van der Waals surface area (Å²) in [5.41, 5.74) is 4.02. The van der Waals surface area contributed by atoms with E-state index >= 15 is 0 Å². The number of aryl methyl sites for hydroxylation is 1. The third-order valence-corrected chi connectivity index (χ3v) is 3.94. The predicted molar refractivity (Wildman–Crippen MR) is 92.1 cm³/mol. The summed E-state index contributed by atoms with van der Waals surface area (Å²) in [7, 11) is 1.77. The van der Waals surface area contributed by atoms with Gasteiger partial charge in [0.25, 0.3) is 0 Å². The van der Waals surface area contributed by atoms with Crippen LogP contribution in [0.2, 0.25) is 0 Å². The molecule has 0 aromatic heterocycles. The molecule has 0 saturated heterocycles. The Morgan fingerprint density at radius 3 is 2.48 bits per heavy atom. The summed E-state index contributed by atoms with van der Waals surface area (Å²) < 4.78 is 5.27. The van der Waals surface area contributed by atoms with Gasteiger partial charge in [0.2, 0.25) is 0 Å². The van der Waals surface area contributed by atoms with Gasteiger partial charge in [0.15, 0.2) is 0 Å². The fourth-order valence-corrected chi connectivity index (χ4v) is 2.46. The first-order valence-corrected chi connectivity index (χ1v) is 8.08. The molecule has 1 rings (SSSR count). The molecule has 3 heteroatoms. The Kier molecular flexibility index (Phi) is 7.76. The molecule has 0 aliphatic carbocycles. The van der Waals surface area contributed by atoms with E-state index in [1.54, 1.807) is 7.11 Å². The molecule has 0 radical (unpaired) electrons.